The molecule has 6 nitrogen and oxygen atoms in total. The van der Waals surface area contributed by atoms with Gasteiger partial charge in [0.15, 0.2) is 11.6 Å². The molecule has 0 atom stereocenters. The Labute approximate surface area is 357 Å². The molecule has 0 N–H and O–H groups in total. The predicted molar refractivity (Wildman–Crippen MR) is 253 cm³/mol. The zero-order valence-electron chi connectivity index (χ0n) is 33.5. The van der Waals surface area contributed by atoms with Gasteiger partial charge in [0.05, 0.1) is 39.1 Å². The Bertz CT molecular complexity index is 3630. The van der Waals surface area contributed by atoms with Crippen LogP contribution in [0.3, 0.4) is 0 Å². The fourth-order valence-electron chi connectivity index (χ4n) is 9.05. The Balaban J connectivity index is 1.19. The van der Waals surface area contributed by atoms with E-state index in [1.165, 1.54) is 0 Å². The Morgan fingerprint density at radius 1 is 0.274 bits per heavy atom. The van der Waals surface area contributed by atoms with Crippen molar-refractivity contribution in [2.45, 2.75) is 0 Å². The molecule has 0 bridgehead atoms. The molecule has 0 fully saturated rings. The normalized spacial score (nSPS) is 11.5. The molecule has 0 saturated heterocycles. The zero-order chi connectivity index (χ0) is 41.0. The third-order valence-electron chi connectivity index (χ3n) is 11.8. The van der Waals surface area contributed by atoms with E-state index in [0.29, 0.717) is 17.6 Å². The number of aromatic nitrogens is 6. The van der Waals surface area contributed by atoms with E-state index in [0.717, 1.165) is 94.1 Å². The molecule has 0 aliphatic heterocycles. The maximum atomic E-state index is 5.45. The van der Waals surface area contributed by atoms with Crippen molar-refractivity contribution in [2.75, 3.05) is 0 Å². The minimum absolute atomic E-state index is 0.540. The third-order valence-corrected chi connectivity index (χ3v) is 11.8. The average Bonchev–Trinajstić information content (AvgIpc) is 3.88. The third kappa shape index (κ3) is 5.80. The lowest BCUT2D eigenvalue weighted by Crippen LogP contribution is -2.07. The van der Waals surface area contributed by atoms with Crippen LogP contribution in [0.1, 0.15) is 0 Å². The van der Waals surface area contributed by atoms with Crippen LogP contribution in [-0.4, -0.2) is 29.1 Å². The van der Waals surface area contributed by atoms with Gasteiger partial charge in [0.1, 0.15) is 0 Å². The number of para-hydroxylation sites is 3. The topological polar surface area (TPSA) is 61.4 Å². The van der Waals surface area contributed by atoms with Gasteiger partial charge in [0.25, 0.3) is 0 Å². The first-order chi connectivity index (χ1) is 30.8. The molecular weight excluding hydrogens is 757 g/mol. The van der Waals surface area contributed by atoms with Gasteiger partial charge < -0.3 is 4.57 Å². The van der Waals surface area contributed by atoms with Crippen molar-refractivity contribution in [3.8, 4) is 68.1 Å². The number of fused-ring (bicyclic) bond motifs is 7. The fourth-order valence-corrected chi connectivity index (χ4v) is 9.05. The number of benzene rings is 8. The summed E-state index contributed by atoms with van der Waals surface area (Å²) in [5.74, 6) is 1.74. The van der Waals surface area contributed by atoms with Crippen LogP contribution in [0, 0.1) is 0 Å². The second-order valence-corrected chi connectivity index (χ2v) is 15.4. The summed E-state index contributed by atoms with van der Waals surface area (Å²) >= 11 is 0. The van der Waals surface area contributed by atoms with Crippen molar-refractivity contribution in [1.29, 1.82) is 0 Å². The number of nitrogens with zero attached hydrogens (tertiary/aromatic N) is 6. The fraction of sp³-hybridized carbons (Fsp3) is 0. The summed E-state index contributed by atoms with van der Waals surface area (Å²) < 4.78 is 4.67. The molecular formula is C56H36N6. The summed E-state index contributed by atoms with van der Waals surface area (Å²) in [4.78, 5) is 21.3. The van der Waals surface area contributed by atoms with Crippen LogP contribution >= 0.6 is 0 Å². The van der Waals surface area contributed by atoms with E-state index in [1.54, 1.807) is 0 Å². The number of rotatable bonds is 7. The standard InChI is InChI=1S/C56H36N6/c1-4-19-37(20-5-1)40-25-10-11-28-45(40)55-58-54(39-23-8-3-9-24-39)59-56(60-55)62-50-33-16-13-27-42(50)44-36-35-43-41-26-12-15-32-49(41)61(52(43)53(44)62)51-34-17-14-29-46(51)48-31-18-30-47(57-48)38-21-6-2-7-22-38/h1-36H. The van der Waals surface area contributed by atoms with E-state index in [-0.39, 0.29) is 0 Å². The first-order valence-electron chi connectivity index (χ1n) is 20.8. The van der Waals surface area contributed by atoms with Crippen LogP contribution in [0.4, 0.5) is 0 Å². The molecule has 4 heterocycles. The first kappa shape index (κ1) is 35.5. The molecule has 62 heavy (non-hydrogen) atoms. The van der Waals surface area contributed by atoms with Gasteiger partial charge in [0, 0.05) is 43.8 Å². The Morgan fingerprint density at radius 2 is 0.774 bits per heavy atom. The van der Waals surface area contributed by atoms with Gasteiger partial charge in [-0.3, -0.25) is 4.57 Å². The summed E-state index contributed by atoms with van der Waals surface area (Å²) in [5.41, 5.74) is 13.1. The quantitative estimate of drug-likeness (QED) is 0.161. The summed E-state index contributed by atoms with van der Waals surface area (Å²) in [6, 6.07) is 76.0. The maximum absolute atomic E-state index is 5.45. The van der Waals surface area contributed by atoms with Gasteiger partial charge >= 0.3 is 0 Å². The van der Waals surface area contributed by atoms with Crippen LogP contribution in [0.5, 0.6) is 0 Å². The molecule has 0 radical (unpaired) electrons. The van der Waals surface area contributed by atoms with Crippen LogP contribution in [-0.2, 0) is 0 Å². The van der Waals surface area contributed by atoms with Gasteiger partial charge in [-0.25, -0.2) is 9.97 Å². The lowest BCUT2D eigenvalue weighted by atomic mass is 9.99. The highest BCUT2D eigenvalue weighted by Gasteiger charge is 2.25. The van der Waals surface area contributed by atoms with Crippen molar-refractivity contribution >= 4 is 43.6 Å². The van der Waals surface area contributed by atoms with Gasteiger partial charge in [-0.2, -0.15) is 9.97 Å². The molecule has 0 aliphatic rings. The molecule has 0 aliphatic carbocycles. The largest absolute Gasteiger partial charge is 0.306 e. The predicted octanol–water partition coefficient (Wildman–Crippen LogP) is 13.8. The van der Waals surface area contributed by atoms with Crippen molar-refractivity contribution in [1.82, 2.24) is 29.1 Å². The average molecular weight is 793 g/mol. The number of hydrogen-bond acceptors (Lipinski definition) is 4. The summed E-state index contributed by atoms with van der Waals surface area (Å²) in [7, 11) is 0. The second kappa shape index (κ2) is 14.7. The van der Waals surface area contributed by atoms with Crippen molar-refractivity contribution in [3.05, 3.63) is 218 Å². The maximum Gasteiger partial charge on any atom is 0.238 e. The number of hydrogen-bond donors (Lipinski definition) is 0. The van der Waals surface area contributed by atoms with E-state index >= 15 is 0 Å². The summed E-state index contributed by atoms with van der Waals surface area (Å²) in [6.07, 6.45) is 0. The van der Waals surface area contributed by atoms with Crippen LogP contribution in [0.15, 0.2) is 218 Å². The van der Waals surface area contributed by atoms with E-state index in [9.17, 15) is 0 Å². The number of pyridine rings is 1. The SMILES string of the molecule is c1ccc(-c2cccc(-c3ccccc3-n3c4ccccc4c4ccc5c6ccccc6n(-c6nc(-c7ccccc7)nc(-c7ccccc7-c7ccccc7)n6)c5c43)n2)cc1. The highest BCUT2D eigenvalue weighted by molar-refractivity contribution is 6.24. The van der Waals surface area contributed by atoms with Gasteiger partial charge in [-0.1, -0.05) is 188 Å². The van der Waals surface area contributed by atoms with E-state index in [2.05, 4.69) is 197 Å². The molecule has 0 saturated carbocycles. The lowest BCUT2D eigenvalue weighted by Gasteiger charge is -2.16. The minimum atomic E-state index is 0.540. The molecule has 6 heteroatoms. The minimum Gasteiger partial charge on any atom is -0.306 e. The smallest absolute Gasteiger partial charge is 0.238 e. The molecule has 0 spiro atoms. The molecule has 0 amide bonds. The molecule has 4 aromatic heterocycles. The summed E-state index contributed by atoms with van der Waals surface area (Å²) in [5, 5.41) is 4.50. The lowest BCUT2D eigenvalue weighted by molar-refractivity contribution is 0.953. The first-order valence-corrected chi connectivity index (χ1v) is 20.8. The van der Waals surface area contributed by atoms with Crippen molar-refractivity contribution in [2.24, 2.45) is 0 Å². The zero-order valence-corrected chi connectivity index (χ0v) is 33.5. The highest BCUT2D eigenvalue weighted by atomic mass is 15.2. The van der Waals surface area contributed by atoms with Gasteiger partial charge in [-0.15, -0.1) is 0 Å². The van der Waals surface area contributed by atoms with Gasteiger partial charge in [0.2, 0.25) is 5.95 Å². The van der Waals surface area contributed by atoms with Crippen LogP contribution in [0.2, 0.25) is 0 Å². The summed E-state index contributed by atoms with van der Waals surface area (Å²) in [6.45, 7) is 0. The van der Waals surface area contributed by atoms with E-state index < -0.39 is 0 Å². The molecule has 0 unspecified atom stereocenters. The van der Waals surface area contributed by atoms with Crippen molar-refractivity contribution in [3.63, 3.8) is 0 Å². The second-order valence-electron chi connectivity index (χ2n) is 15.4. The van der Waals surface area contributed by atoms with E-state index in [4.69, 9.17) is 19.9 Å². The van der Waals surface area contributed by atoms with Crippen LogP contribution in [0.25, 0.3) is 112 Å². The van der Waals surface area contributed by atoms with E-state index in [1.807, 2.05) is 30.3 Å². The van der Waals surface area contributed by atoms with Crippen LogP contribution < -0.4 is 0 Å². The highest BCUT2D eigenvalue weighted by Crippen LogP contribution is 2.43. The molecule has 12 aromatic rings. The van der Waals surface area contributed by atoms with Crippen molar-refractivity contribution < 1.29 is 0 Å². The van der Waals surface area contributed by atoms with Gasteiger partial charge in [-0.05, 0) is 41.5 Å². The molecule has 290 valence electrons. The monoisotopic (exact) mass is 792 g/mol. The Morgan fingerprint density at radius 3 is 1.47 bits per heavy atom. The molecule has 12 rings (SSSR count). The molecule has 8 aromatic carbocycles. The Kier molecular flexibility index (Phi) is 8.38. The Hall–Kier alpha value is -8.48.